The number of aryl methyl sites for hydroxylation is 1. The van der Waals surface area contributed by atoms with Gasteiger partial charge in [-0.2, -0.15) is 15.3 Å². The number of ether oxygens (including phenoxy) is 1. The molecule has 1 aliphatic rings. The molecule has 0 amide bonds. The van der Waals surface area contributed by atoms with Crippen molar-refractivity contribution in [2.24, 2.45) is 15.3 Å². The molecular weight excluding hydrogens is 638 g/mol. The van der Waals surface area contributed by atoms with Crippen molar-refractivity contribution in [1.82, 2.24) is 0 Å². The van der Waals surface area contributed by atoms with E-state index in [-0.39, 0.29) is 52.3 Å². The molecule has 232 valence electrons. The number of methoxy groups -OCH3 is 1. The Morgan fingerprint density at radius 2 is 1.61 bits per heavy atom. The summed E-state index contributed by atoms with van der Waals surface area (Å²) in [7, 11) is -6.70. The summed E-state index contributed by atoms with van der Waals surface area (Å²) >= 11 is 0. The number of azo groups is 1. The topological polar surface area (TPSA) is 162 Å². The van der Waals surface area contributed by atoms with Crippen LogP contribution in [0, 0.1) is 6.92 Å². The molecule has 0 saturated heterocycles. The SMILES string of the molecule is CCS(=O)(=O)c1ccc(N=Nc2cc(OC)c(N/N=C3\Cc4ccc(Nc5ccccc5)cc4C=C3S(=O)(=O)[O-])cc2C)cc1.[Na+]. The van der Waals surface area contributed by atoms with Crippen molar-refractivity contribution in [1.29, 1.82) is 0 Å². The van der Waals surface area contributed by atoms with E-state index in [1.165, 1.54) is 25.3 Å². The number of benzene rings is 4. The number of nitrogens with zero attached hydrogens (tertiary/aromatic N) is 3. The molecule has 0 spiro atoms. The van der Waals surface area contributed by atoms with Crippen molar-refractivity contribution >= 4 is 60.2 Å². The van der Waals surface area contributed by atoms with Crippen LogP contribution >= 0.6 is 0 Å². The molecule has 5 rings (SSSR count). The number of anilines is 3. The van der Waals surface area contributed by atoms with Gasteiger partial charge in [0.2, 0.25) is 0 Å². The van der Waals surface area contributed by atoms with Gasteiger partial charge in [0.05, 0.1) is 45.4 Å². The maximum atomic E-state index is 12.3. The molecule has 0 aliphatic heterocycles. The molecule has 46 heavy (non-hydrogen) atoms. The molecule has 0 heterocycles. The van der Waals surface area contributed by atoms with Crippen molar-refractivity contribution in [2.45, 2.75) is 25.2 Å². The van der Waals surface area contributed by atoms with Crippen LogP contribution in [0.4, 0.5) is 28.4 Å². The van der Waals surface area contributed by atoms with Crippen LogP contribution in [-0.4, -0.2) is 40.0 Å². The van der Waals surface area contributed by atoms with E-state index in [0.717, 1.165) is 16.9 Å². The second-order valence-corrected chi connectivity index (χ2v) is 13.8. The molecule has 4 aromatic carbocycles. The molecular formula is C32H30N5NaO6S2. The van der Waals surface area contributed by atoms with E-state index in [9.17, 15) is 21.4 Å². The molecule has 0 aromatic heterocycles. The Kier molecular flexibility index (Phi) is 11.2. The summed E-state index contributed by atoms with van der Waals surface area (Å²) in [6.45, 7) is 3.38. The van der Waals surface area contributed by atoms with Crippen molar-refractivity contribution in [3.63, 3.8) is 0 Å². The summed E-state index contributed by atoms with van der Waals surface area (Å²) in [5.41, 5.74) is 8.04. The number of sulfone groups is 1. The van der Waals surface area contributed by atoms with Gasteiger partial charge in [-0.25, -0.2) is 16.8 Å². The third-order valence-corrected chi connectivity index (χ3v) is 9.73. The minimum atomic E-state index is -4.84. The van der Waals surface area contributed by atoms with Crippen LogP contribution in [0.2, 0.25) is 0 Å². The minimum absolute atomic E-state index is 0. The van der Waals surface area contributed by atoms with Crippen molar-refractivity contribution < 1.29 is 55.7 Å². The van der Waals surface area contributed by atoms with E-state index in [1.54, 1.807) is 44.2 Å². The fourth-order valence-electron chi connectivity index (χ4n) is 4.63. The van der Waals surface area contributed by atoms with Gasteiger partial charge in [0.25, 0.3) is 0 Å². The first-order valence-electron chi connectivity index (χ1n) is 13.9. The van der Waals surface area contributed by atoms with Crippen LogP contribution in [-0.2, 0) is 26.4 Å². The zero-order valence-electron chi connectivity index (χ0n) is 25.7. The van der Waals surface area contributed by atoms with Crippen LogP contribution in [0.15, 0.2) is 110 Å². The minimum Gasteiger partial charge on any atom is -0.744 e. The van der Waals surface area contributed by atoms with E-state index in [4.69, 9.17) is 4.74 Å². The summed E-state index contributed by atoms with van der Waals surface area (Å²) in [4.78, 5) is -0.203. The quantitative estimate of drug-likeness (QED) is 0.112. The first-order valence-corrected chi connectivity index (χ1v) is 16.9. The Hall–Kier alpha value is -3.85. The summed E-state index contributed by atoms with van der Waals surface area (Å²) in [5, 5.41) is 16.1. The molecule has 11 nitrogen and oxygen atoms in total. The molecule has 0 fully saturated rings. The number of hydrogen-bond donors (Lipinski definition) is 2. The smallest absolute Gasteiger partial charge is 0.744 e. The average molecular weight is 668 g/mol. The first kappa shape index (κ1) is 35.0. The summed E-state index contributed by atoms with van der Waals surface area (Å²) in [6.07, 6.45) is 1.46. The van der Waals surface area contributed by atoms with Crippen LogP contribution in [0.5, 0.6) is 5.75 Å². The van der Waals surface area contributed by atoms with Gasteiger partial charge in [-0.15, -0.1) is 0 Å². The molecule has 0 radical (unpaired) electrons. The van der Waals surface area contributed by atoms with Gasteiger partial charge in [0.1, 0.15) is 15.9 Å². The number of fused-ring (bicyclic) bond motifs is 1. The molecule has 2 N–H and O–H groups in total. The van der Waals surface area contributed by atoms with Crippen molar-refractivity contribution in [2.75, 3.05) is 23.6 Å². The van der Waals surface area contributed by atoms with Crippen LogP contribution < -0.4 is 45.0 Å². The van der Waals surface area contributed by atoms with E-state index in [1.807, 2.05) is 42.5 Å². The van der Waals surface area contributed by atoms with Crippen molar-refractivity contribution in [3.8, 4) is 5.75 Å². The first-order chi connectivity index (χ1) is 21.5. The fraction of sp³-hybridized carbons (Fsp3) is 0.156. The van der Waals surface area contributed by atoms with Crippen LogP contribution in [0.3, 0.4) is 0 Å². The standard InChI is InChI=1S/C32H31N5O6S2.Na/c1-4-44(38,39)27-14-12-25(13-15-27)34-35-28-20-31(43-3)29(16-21(28)2)36-37-30-18-22-10-11-26(33-24-8-6-5-7-9-24)17-23(22)19-32(30)45(40,41)42;/h5-17,19-20,33,36H,4,18H2,1-3H3,(H,40,41,42);/q;+1/p-1/b35-34?,37-30+;. The Balaban J connectivity index is 0.00000480. The molecule has 4 aromatic rings. The van der Waals surface area contributed by atoms with E-state index < -0.39 is 24.9 Å². The number of allylic oxidation sites excluding steroid dienone is 1. The van der Waals surface area contributed by atoms with E-state index in [0.29, 0.717) is 33.9 Å². The van der Waals surface area contributed by atoms with E-state index >= 15 is 0 Å². The predicted molar refractivity (Wildman–Crippen MR) is 175 cm³/mol. The van der Waals surface area contributed by atoms with Gasteiger partial charge in [-0.05, 0) is 84.3 Å². The largest absolute Gasteiger partial charge is 1.00 e. The third kappa shape index (κ3) is 8.29. The van der Waals surface area contributed by atoms with Crippen LogP contribution in [0.25, 0.3) is 6.08 Å². The normalized spacial score (nSPS) is 13.9. The Morgan fingerprint density at radius 3 is 2.26 bits per heavy atom. The second-order valence-electron chi connectivity index (χ2n) is 10.2. The van der Waals surface area contributed by atoms with Crippen molar-refractivity contribution in [3.05, 3.63) is 107 Å². The molecule has 14 heteroatoms. The maximum absolute atomic E-state index is 12.3. The second kappa shape index (κ2) is 14.7. The summed E-state index contributed by atoms with van der Waals surface area (Å²) in [6, 6.07) is 24.5. The van der Waals surface area contributed by atoms with Crippen LogP contribution in [0.1, 0.15) is 23.6 Å². The average Bonchev–Trinajstić information content (AvgIpc) is 3.03. The number of hydrogen-bond acceptors (Lipinski definition) is 11. The van der Waals surface area contributed by atoms with Gasteiger partial charge in [-0.1, -0.05) is 31.2 Å². The van der Waals surface area contributed by atoms with Gasteiger partial charge >= 0.3 is 29.6 Å². The molecule has 0 atom stereocenters. The van der Waals surface area contributed by atoms with Gasteiger partial charge < -0.3 is 14.6 Å². The zero-order valence-corrected chi connectivity index (χ0v) is 29.3. The zero-order chi connectivity index (χ0) is 32.2. The monoisotopic (exact) mass is 667 g/mol. The summed E-state index contributed by atoms with van der Waals surface area (Å²) < 4.78 is 66.4. The number of rotatable bonds is 10. The maximum Gasteiger partial charge on any atom is 1.00 e. The molecule has 0 saturated carbocycles. The fourth-order valence-corrected chi connectivity index (χ4v) is 6.19. The van der Waals surface area contributed by atoms with E-state index in [2.05, 4.69) is 26.1 Å². The number of nitrogens with one attached hydrogen (secondary N) is 2. The molecule has 1 aliphatic carbocycles. The van der Waals surface area contributed by atoms with Gasteiger partial charge in [-0.3, -0.25) is 5.43 Å². The Morgan fingerprint density at radius 1 is 0.891 bits per heavy atom. The van der Waals surface area contributed by atoms with Gasteiger partial charge in [0, 0.05) is 23.9 Å². The predicted octanol–water partition coefficient (Wildman–Crippen LogP) is 3.87. The number of para-hydroxylation sites is 1. The Labute approximate surface area is 290 Å². The Bertz CT molecular complexity index is 2050. The van der Waals surface area contributed by atoms with Gasteiger partial charge in [0.15, 0.2) is 9.84 Å². The third-order valence-electron chi connectivity index (χ3n) is 7.09. The number of hydrazone groups is 1. The molecule has 0 bridgehead atoms. The molecule has 0 unspecified atom stereocenters. The summed E-state index contributed by atoms with van der Waals surface area (Å²) in [5.74, 6) is 0.357.